The van der Waals surface area contributed by atoms with E-state index in [-0.39, 0.29) is 22.3 Å². The molecule has 0 fully saturated rings. The molecule has 0 radical (unpaired) electrons. The van der Waals surface area contributed by atoms with Gasteiger partial charge >= 0.3 is 0 Å². The number of aromatic hydroxyl groups is 1. The van der Waals surface area contributed by atoms with Crippen molar-refractivity contribution in [3.05, 3.63) is 11.1 Å². The number of ether oxygens (including phenoxy) is 2. The molecule has 0 saturated heterocycles. The Morgan fingerprint density at radius 1 is 1.14 bits per heavy atom. The van der Waals surface area contributed by atoms with Crippen LogP contribution in [-0.4, -0.2) is 32.3 Å². The average Bonchev–Trinajstić information content (AvgIpc) is 2.45. The third-order valence-corrected chi connectivity index (χ3v) is 4.70. The van der Waals surface area contributed by atoms with Crippen molar-refractivity contribution < 1.29 is 27.6 Å². The van der Waals surface area contributed by atoms with Gasteiger partial charge in [-0.1, -0.05) is 27.2 Å². The van der Waals surface area contributed by atoms with Crippen LogP contribution in [0.15, 0.2) is 4.90 Å². The monoisotopic (exact) mass is 332 g/mol. The highest BCUT2D eigenvalue weighted by molar-refractivity contribution is 7.86. The van der Waals surface area contributed by atoms with Gasteiger partial charge in [0.2, 0.25) is 5.75 Å². The van der Waals surface area contributed by atoms with E-state index in [0.717, 1.165) is 6.42 Å². The third-order valence-electron chi connectivity index (χ3n) is 3.75. The normalized spacial score (nSPS) is 13.0. The second-order valence-electron chi connectivity index (χ2n) is 5.17. The molecular formula is C15H24O6S. The molecule has 1 atom stereocenters. The van der Waals surface area contributed by atoms with Crippen molar-refractivity contribution in [1.29, 1.82) is 0 Å². The summed E-state index contributed by atoms with van der Waals surface area (Å²) in [5.41, 5.74) is 1.03. The fourth-order valence-corrected chi connectivity index (χ4v) is 3.56. The lowest BCUT2D eigenvalue weighted by molar-refractivity contribution is 0.325. The minimum absolute atomic E-state index is 0.0474. The summed E-state index contributed by atoms with van der Waals surface area (Å²) in [6.07, 6.45) is 1.81. The molecule has 1 aromatic rings. The van der Waals surface area contributed by atoms with Crippen molar-refractivity contribution in [2.75, 3.05) is 14.2 Å². The minimum Gasteiger partial charge on any atom is -0.502 e. The van der Waals surface area contributed by atoms with Crippen molar-refractivity contribution in [2.45, 2.75) is 50.8 Å². The first-order valence-corrected chi connectivity index (χ1v) is 8.65. The molecule has 2 N–H and O–H groups in total. The molecule has 0 saturated carbocycles. The molecule has 0 aliphatic carbocycles. The van der Waals surface area contributed by atoms with E-state index < -0.39 is 15.9 Å². The molecule has 6 nitrogen and oxygen atoms in total. The van der Waals surface area contributed by atoms with Gasteiger partial charge in [0.05, 0.1) is 14.2 Å². The number of hydrogen-bond donors (Lipinski definition) is 2. The van der Waals surface area contributed by atoms with E-state index in [9.17, 15) is 18.1 Å². The van der Waals surface area contributed by atoms with E-state index in [1.54, 1.807) is 0 Å². The maximum Gasteiger partial charge on any atom is 0.298 e. The van der Waals surface area contributed by atoms with E-state index in [1.807, 2.05) is 20.8 Å². The first-order valence-electron chi connectivity index (χ1n) is 7.21. The highest BCUT2D eigenvalue weighted by Crippen LogP contribution is 2.49. The van der Waals surface area contributed by atoms with Crippen LogP contribution in [0.4, 0.5) is 0 Å². The number of methoxy groups -OCH3 is 2. The van der Waals surface area contributed by atoms with Crippen molar-refractivity contribution in [1.82, 2.24) is 0 Å². The van der Waals surface area contributed by atoms with Gasteiger partial charge in [-0.05, 0) is 24.3 Å². The Morgan fingerprint density at radius 2 is 1.68 bits per heavy atom. The number of benzene rings is 1. The van der Waals surface area contributed by atoms with Crippen LogP contribution in [-0.2, 0) is 16.5 Å². The predicted octanol–water partition coefficient (Wildman–Crippen LogP) is 3.12. The van der Waals surface area contributed by atoms with Gasteiger partial charge in [-0.2, -0.15) is 8.42 Å². The molecule has 22 heavy (non-hydrogen) atoms. The molecule has 1 rings (SSSR count). The van der Waals surface area contributed by atoms with Gasteiger partial charge in [0, 0.05) is 5.56 Å². The molecule has 7 heteroatoms. The lowest BCUT2D eigenvalue weighted by Crippen LogP contribution is -2.12. The second-order valence-corrected chi connectivity index (χ2v) is 6.53. The van der Waals surface area contributed by atoms with E-state index in [1.165, 1.54) is 14.2 Å². The number of rotatable bonds is 7. The van der Waals surface area contributed by atoms with Crippen LogP contribution < -0.4 is 9.47 Å². The fraction of sp³-hybridized carbons (Fsp3) is 0.600. The van der Waals surface area contributed by atoms with Crippen LogP contribution in [0.1, 0.15) is 50.7 Å². The Balaban J connectivity index is 4.01. The molecule has 0 amide bonds. The largest absolute Gasteiger partial charge is 0.502 e. The van der Waals surface area contributed by atoms with Crippen molar-refractivity contribution in [3.63, 3.8) is 0 Å². The van der Waals surface area contributed by atoms with Crippen molar-refractivity contribution >= 4 is 10.1 Å². The van der Waals surface area contributed by atoms with Crippen LogP contribution in [0.2, 0.25) is 0 Å². The van der Waals surface area contributed by atoms with Gasteiger partial charge in [0.1, 0.15) is 4.90 Å². The number of phenolic OH excluding ortho intramolecular Hbond substituents is 1. The van der Waals surface area contributed by atoms with Crippen molar-refractivity contribution in [3.8, 4) is 17.2 Å². The molecule has 1 unspecified atom stereocenters. The smallest absolute Gasteiger partial charge is 0.298 e. The zero-order chi connectivity index (χ0) is 17.1. The average molecular weight is 332 g/mol. The van der Waals surface area contributed by atoms with Crippen LogP contribution >= 0.6 is 0 Å². The van der Waals surface area contributed by atoms with Gasteiger partial charge in [-0.15, -0.1) is 0 Å². The fourth-order valence-electron chi connectivity index (χ4n) is 2.63. The molecule has 0 aliphatic rings. The summed E-state index contributed by atoms with van der Waals surface area (Å²) in [7, 11) is -1.91. The standard InChI is InChI=1S/C15H24O6S/c1-6-8-10-11(9(3)7-2)13(20-4)12(16)14(21-5)15(10)22(17,18)19/h9,16H,6-8H2,1-5H3,(H,17,18,19). The lowest BCUT2D eigenvalue weighted by Gasteiger charge is -2.24. The summed E-state index contributed by atoms with van der Waals surface area (Å²) in [5, 5.41) is 10.3. The molecular weight excluding hydrogens is 308 g/mol. The highest BCUT2D eigenvalue weighted by atomic mass is 32.2. The Morgan fingerprint density at radius 3 is 2.05 bits per heavy atom. The number of hydrogen-bond acceptors (Lipinski definition) is 5. The van der Waals surface area contributed by atoms with Gasteiger partial charge in [-0.3, -0.25) is 4.55 Å². The maximum atomic E-state index is 11.8. The van der Waals surface area contributed by atoms with Gasteiger partial charge in [0.25, 0.3) is 10.1 Å². The molecule has 1 aromatic carbocycles. The Hall–Kier alpha value is -1.47. The van der Waals surface area contributed by atoms with E-state index in [0.29, 0.717) is 24.0 Å². The van der Waals surface area contributed by atoms with E-state index >= 15 is 0 Å². The van der Waals surface area contributed by atoms with Gasteiger partial charge < -0.3 is 14.6 Å². The molecule has 0 aromatic heterocycles. The van der Waals surface area contributed by atoms with Gasteiger partial charge in [-0.25, -0.2) is 0 Å². The lowest BCUT2D eigenvalue weighted by atomic mass is 9.89. The highest BCUT2D eigenvalue weighted by Gasteiger charge is 2.32. The molecule has 0 spiro atoms. The van der Waals surface area contributed by atoms with Crippen LogP contribution in [0.5, 0.6) is 17.2 Å². The summed E-state index contributed by atoms with van der Waals surface area (Å²) >= 11 is 0. The molecule has 126 valence electrons. The summed E-state index contributed by atoms with van der Waals surface area (Å²) in [6.45, 7) is 5.77. The predicted molar refractivity (Wildman–Crippen MR) is 83.7 cm³/mol. The maximum absolute atomic E-state index is 11.8. The number of phenols is 1. The SMILES string of the molecule is CCCc1c(C(C)CC)c(OC)c(O)c(OC)c1S(=O)(=O)O. The minimum atomic E-state index is -4.55. The topological polar surface area (TPSA) is 93.1 Å². The van der Waals surface area contributed by atoms with Crippen LogP contribution in [0.25, 0.3) is 0 Å². The van der Waals surface area contributed by atoms with Gasteiger partial charge in [0.15, 0.2) is 11.5 Å². The Kier molecular flexibility index (Phi) is 6.08. The summed E-state index contributed by atoms with van der Waals surface area (Å²) in [5.74, 6) is -0.543. The molecule has 0 aliphatic heterocycles. The third kappa shape index (κ3) is 3.30. The first kappa shape index (κ1) is 18.6. The second kappa shape index (κ2) is 7.19. The molecule has 0 heterocycles. The first-order chi connectivity index (χ1) is 10.2. The van der Waals surface area contributed by atoms with Crippen molar-refractivity contribution in [2.24, 2.45) is 0 Å². The van der Waals surface area contributed by atoms with Crippen LogP contribution in [0, 0.1) is 0 Å². The zero-order valence-corrected chi connectivity index (χ0v) is 14.5. The quantitative estimate of drug-likeness (QED) is 0.745. The Bertz CT molecular complexity index is 636. The van der Waals surface area contributed by atoms with Crippen LogP contribution in [0.3, 0.4) is 0 Å². The van der Waals surface area contributed by atoms with E-state index in [2.05, 4.69) is 0 Å². The zero-order valence-electron chi connectivity index (χ0n) is 13.6. The molecule has 0 bridgehead atoms. The summed E-state index contributed by atoms with van der Waals surface area (Å²) < 4.78 is 43.6. The Labute approximate surface area is 131 Å². The summed E-state index contributed by atoms with van der Waals surface area (Å²) in [6, 6.07) is 0. The summed E-state index contributed by atoms with van der Waals surface area (Å²) in [4.78, 5) is -0.370. The van der Waals surface area contributed by atoms with E-state index in [4.69, 9.17) is 9.47 Å².